The topological polar surface area (TPSA) is 278 Å². The lowest BCUT2D eigenvalue weighted by Gasteiger charge is -2.47. The Morgan fingerprint density at radius 2 is 1.24 bits per heavy atom. The van der Waals surface area contributed by atoms with Crippen molar-refractivity contribution < 1.29 is 79.5 Å². The van der Waals surface area contributed by atoms with Crippen molar-refractivity contribution in [1.82, 2.24) is 5.32 Å². The molecule has 0 bridgehead atoms. The molecule has 3 fully saturated rings. The van der Waals surface area contributed by atoms with Gasteiger partial charge >= 0.3 is 0 Å². The Hall–Kier alpha value is -1.13. The van der Waals surface area contributed by atoms with Crippen LogP contribution < -0.4 is 5.32 Å². The van der Waals surface area contributed by atoms with Gasteiger partial charge < -0.3 is 80.1 Å². The molecule has 0 aromatic rings. The Morgan fingerprint density at radius 3 is 1.81 bits per heavy atom. The van der Waals surface area contributed by atoms with Crippen LogP contribution in [-0.4, -0.2) is 169 Å². The average Bonchev–Trinajstić information content (AvgIpc) is 2.86. The standard InChI is InChI=1S/C20H35NO16/c1-5(24)21-9-13(28)10(25)6(2-22)35-19(9)37-17-15(30)11(26)7(3-23)36-20(17)33-4-8-12(27)14(29)16(31)18(32)34-8/h6-20,22-23,25-32H,2-4H2,1H3,(H,21,24)/t6-,7-,8-,9-,10-,11-,12-,13-,14+,15+,16-,17+,18?,19+,20+/m1/s1. The summed E-state index contributed by atoms with van der Waals surface area (Å²) in [6.07, 6.45) is -23.0. The van der Waals surface area contributed by atoms with Gasteiger partial charge in [-0.2, -0.15) is 0 Å². The van der Waals surface area contributed by atoms with Gasteiger partial charge in [-0.25, -0.2) is 0 Å². The van der Waals surface area contributed by atoms with E-state index in [9.17, 15) is 55.9 Å². The largest absolute Gasteiger partial charge is 0.394 e. The molecule has 0 aliphatic carbocycles. The van der Waals surface area contributed by atoms with Crippen molar-refractivity contribution in [1.29, 1.82) is 0 Å². The van der Waals surface area contributed by atoms with Gasteiger partial charge in [0.15, 0.2) is 18.9 Å². The van der Waals surface area contributed by atoms with Crippen LogP contribution in [0.2, 0.25) is 0 Å². The Labute approximate surface area is 210 Å². The van der Waals surface area contributed by atoms with Crippen molar-refractivity contribution in [3.05, 3.63) is 0 Å². The number of aliphatic hydroxyl groups is 10. The average molecular weight is 545 g/mol. The normalized spacial score (nSPS) is 49.0. The fraction of sp³-hybridized carbons (Fsp3) is 0.950. The fourth-order valence-electron chi connectivity index (χ4n) is 4.34. The molecule has 11 N–H and O–H groups in total. The maximum atomic E-state index is 11.7. The van der Waals surface area contributed by atoms with E-state index in [1.807, 2.05) is 0 Å². The summed E-state index contributed by atoms with van der Waals surface area (Å²) in [5.74, 6) is -0.646. The van der Waals surface area contributed by atoms with Crippen LogP contribution in [-0.2, 0) is 28.5 Å². The van der Waals surface area contributed by atoms with E-state index in [0.717, 1.165) is 6.92 Å². The van der Waals surface area contributed by atoms with E-state index in [2.05, 4.69) is 5.32 Å². The Morgan fingerprint density at radius 1 is 0.703 bits per heavy atom. The Kier molecular flexibility index (Phi) is 10.5. The number of carbonyl (C=O) groups is 1. The maximum absolute atomic E-state index is 11.7. The molecule has 216 valence electrons. The Bertz CT molecular complexity index is 747. The molecule has 3 aliphatic rings. The number of carbonyl (C=O) groups excluding carboxylic acids is 1. The minimum atomic E-state index is -1.86. The van der Waals surface area contributed by atoms with Crippen LogP contribution in [0.3, 0.4) is 0 Å². The van der Waals surface area contributed by atoms with E-state index in [0.29, 0.717) is 0 Å². The van der Waals surface area contributed by atoms with Crippen LogP contribution in [0.4, 0.5) is 0 Å². The molecule has 3 aliphatic heterocycles. The molecule has 0 radical (unpaired) electrons. The molecule has 17 heteroatoms. The number of nitrogens with one attached hydrogen (secondary N) is 1. The van der Waals surface area contributed by atoms with Crippen LogP contribution in [0.5, 0.6) is 0 Å². The zero-order valence-corrected chi connectivity index (χ0v) is 19.7. The molecule has 17 nitrogen and oxygen atoms in total. The van der Waals surface area contributed by atoms with Crippen molar-refractivity contribution in [2.45, 2.75) is 99.0 Å². The van der Waals surface area contributed by atoms with Gasteiger partial charge in [0, 0.05) is 6.92 Å². The van der Waals surface area contributed by atoms with E-state index < -0.39 is 118 Å². The second kappa shape index (κ2) is 12.8. The van der Waals surface area contributed by atoms with Crippen molar-refractivity contribution in [2.24, 2.45) is 0 Å². The maximum Gasteiger partial charge on any atom is 0.217 e. The number of aliphatic hydroxyl groups excluding tert-OH is 10. The van der Waals surface area contributed by atoms with E-state index in [-0.39, 0.29) is 0 Å². The molecular weight excluding hydrogens is 510 g/mol. The Balaban J connectivity index is 1.80. The van der Waals surface area contributed by atoms with Crippen LogP contribution in [0.25, 0.3) is 0 Å². The monoisotopic (exact) mass is 545 g/mol. The van der Waals surface area contributed by atoms with E-state index in [1.165, 1.54) is 0 Å². The molecule has 3 heterocycles. The highest BCUT2D eigenvalue weighted by atomic mass is 16.8. The minimum Gasteiger partial charge on any atom is -0.394 e. The third-order valence-electron chi connectivity index (χ3n) is 6.48. The molecular formula is C20H35NO16. The third kappa shape index (κ3) is 6.55. The fourth-order valence-corrected chi connectivity index (χ4v) is 4.34. The summed E-state index contributed by atoms with van der Waals surface area (Å²) in [7, 11) is 0. The van der Waals surface area contributed by atoms with E-state index in [1.54, 1.807) is 0 Å². The smallest absolute Gasteiger partial charge is 0.217 e. The third-order valence-corrected chi connectivity index (χ3v) is 6.48. The van der Waals surface area contributed by atoms with Gasteiger partial charge in [-0.3, -0.25) is 4.79 Å². The molecule has 15 atom stereocenters. The minimum absolute atomic E-state index is 0.616. The predicted octanol–water partition coefficient (Wildman–Crippen LogP) is -7.43. The predicted molar refractivity (Wildman–Crippen MR) is 113 cm³/mol. The van der Waals surface area contributed by atoms with Crippen LogP contribution in [0.15, 0.2) is 0 Å². The highest BCUT2D eigenvalue weighted by Gasteiger charge is 2.52. The summed E-state index contributed by atoms with van der Waals surface area (Å²) in [5, 5.41) is 102. The highest BCUT2D eigenvalue weighted by molar-refractivity contribution is 5.73. The second-order valence-electron chi connectivity index (χ2n) is 9.11. The SMILES string of the molecule is CC(=O)N[C@H]1[C@H](O[C@@H]2[C@@H](OC[C@H]3OC(O)[C@H](O)[C@@H](O)[C@@H]3O)O[C@H](CO)[C@@H](O)[C@@H]2O)O[C@H](CO)[C@@H](O)[C@@H]1O. The summed E-state index contributed by atoms with van der Waals surface area (Å²) in [6.45, 7) is -1.02. The molecule has 37 heavy (non-hydrogen) atoms. The van der Waals surface area contributed by atoms with Crippen LogP contribution >= 0.6 is 0 Å². The molecule has 1 unspecified atom stereocenters. The van der Waals surface area contributed by atoms with Gasteiger partial charge in [0.05, 0.1) is 19.8 Å². The van der Waals surface area contributed by atoms with Crippen molar-refractivity contribution >= 4 is 5.91 Å². The first kappa shape index (κ1) is 30.4. The first-order chi connectivity index (χ1) is 17.4. The summed E-state index contributed by atoms with van der Waals surface area (Å²) < 4.78 is 27.2. The summed E-state index contributed by atoms with van der Waals surface area (Å²) in [5.41, 5.74) is 0. The number of hydrogen-bond donors (Lipinski definition) is 11. The molecule has 3 saturated heterocycles. The first-order valence-corrected chi connectivity index (χ1v) is 11.6. The number of rotatable bonds is 8. The number of hydrogen-bond acceptors (Lipinski definition) is 16. The summed E-state index contributed by atoms with van der Waals surface area (Å²) in [6, 6.07) is -1.41. The van der Waals surface area contributed by atoms with Crippen LogP contribution in [0, 0.1) is 0 Å². The lowest BCUT2D eigenvalue weighted by molar-refractivity contribution is -0.362. The molecule has 1 amide bonds. The quantitative estimate of drug-likeness (QED) is 0.135. The van der Waals surface area contributed by atoms with Gasteiger partial charge in [-0.15, -0.1) is 0 Å². The lowest BCUT2D eigenvalue weighted by Crippen LogP contribution is -2.67. The summed E-state index contributed by atoms with van der Waals surface area (Å²) in [4.78, 5) is 11.7. The zero-order chi connectivity index (χ0) is 27.6. The molecule has 3 rings (SSSR count). The zero-order valence-electron chi connectivity index (χ0n) is 19.7. The van der Waals surface area contributed by atoms with E-state index >= 15 is 0 Å². The van der Waals surface area contributed by atoms with Crippen molar-refractivity contribution in [2.75, 3.05) is 19.8 Å². The van der Waals surface area contributed by atoms with Gasteiger partial charge in [-0.05, 0) is 0 Å². The number of ether oxygens (including phenoxy) is 5. The molecule has 0 aromatic carbocycles. The van der Waals surface area contributed by atoms with Gasteiger partial charge in [-0.1, -0.05) is 0 Å². The second-order valence-corrected chi connectivity index (χ2v) is 9.11. The van der Waals surface area contributed by atoms with Crippen LogP contribution in [0.1, 0.15) is 6.92 Å². The molecule has 0 aromatic heterocycles. The highest BCUT2D eigenvalue weighted by Crippen LogP contribution is 2.30. The van der Waals surface area contributed by atoms with E-state index in [4.69, 9.17) is 23.7 Å². The van der Waals surface area contributed by atoms with Gasteiger partial charge in [0.25, 0.3) is 0 Å². The molecule has 0 saturated carbocycles. The summed E-state index contributed by atoms with van der Waals surface area (Å²) >= 11 is 0. The van der Waals surface area contributed by atoms with Crippen molar-refractivity contribution in [3.63, 3.8) is 0 Å². The van der Waals surface area contributed by atoms with Gasteiger partial charge in [0.2, 0.25) is 5.91 Å². The lowest BCUT2D eigenvalue weighted by atomic mass is 9.95. The number of amides is 1. The van der Waals surface area contributed by atoms with Crippen molar-refractivity contribution in [3.8, 4) is 0 Å². The molecule has 0 spiro atoms. The first-order valence-electron chi connectivity index (χ1n) is 11.6. The van der Waals surface area contributed by atoms with Gasteiger partial charge in [0.1, 0.15) is 73.2 Å².